The SMILES string of the molecule is CN=C(NCCC(=O)N(C)C)N1CCN(C(=O)c2ccco2)CC1.I. The lowest BCUT2D eigenvalue weighted by molar-refractivity contribution is -0.128. The summed E-state index contributed by atoms with van der Waals surface area (Å²) in [6, 6.07) is 3.39. The first-order chi connectivity index (χ1) is 11.5. The summed E-state index contributed by atoms with van der Waals surface area (Å²) in [5.41, 5.74) is 0. The number of amides is 2. The molecule has 0 radical (unpaired) electrons. The number of nitrogens with one attached hydrogen (secondary N) is 1. The van der Waals surface area contributed by atoms with E-state index >= 15 is 0 Å². The zero-order chi connectivity index (χ0) is 17.5. The minimum atomic E-state index is -0.0841. The van der Waals surface area contributed by atoms with Crippen molar-refractivity contribution in [3.8, 4) is 0 Å². The van der Waals surface area contributed by atoms with Crippen LogP contribution in [0.2, 0.25) is 0 Å². The number of carbonyl (C=O) groups excluding carboxylic acids is 2. The van der Waals surface area contributed by atoms with Gasteiger partial charge in [0.2, 0.25) is 5.91 Å². The summed E-state index contributed by atoms with van der Waals surface area (Å²) in [7, 11) is 5.20. The van der Waals surface area contributed by atoms with Gasteiger partial charge in [0.15, 0.2) is 11.7 Å². The molecule has 0 saturated carbocycles. The van der Waals surface area contributed by atoms with Crippen LogP contribution in [0.25, 0.3) is 0 Å². The van der Waals surface area contributed by atoms with E-state index in [9.17, 15) is 9.59 Å². The molecule has 2 amide bonds. The second kappa shape index (κ2) is 10.3. The van der Waals surface area contributed by atoms with E-state index in [1.807, 2.05) is 0 Å². The minimum Gasteiger partial charge on any atom is -0.459 e. The topological polar surface area (TPSA) is 81.4 Å². The molecule has 0 bridgehead atoms. The number of carbonyl (C=O) groups is 2. The monoisotopic (exact) mass is 463 g/mol. The molecule has 1 aliphatic rings. The van der Waals surface area contributed by atoms with E-state index in [4.69, 9.17) is 4.42 Å². The zero-order valence-electron chi connectivity index (χ0n) is 14.9. The number of furan rings is 1. The highest BCUT2D eigenvalue weighted by molar-refractivity contribution is 14.0. The summed E-state index contributed by atoms with van der Waals surface area (Å²) in [6.07, 6.45) is 1.92. The second-order valence-corrected chi connectivity index (χ2v) is 5.77. The summed E-state index contributed by atoms with van der Waals surface area (Å²) in [6.45, 7) is 3.13. The predicted octanol–water partition coefficient (Wildman–Crippen LogP) is 0.709. The lowest BCUT2D eigenvalue weighted by Crippen LogP contribution is -2.54. The maximum absolute atomic E-state index is 12.2. The number of aliphatic imine (C=N–C) groups is 1. The molecule has 1 aromatic heterocycles. The van der Waals surface area contributed by atoms with Crippen molar-refractivity contribution in [3.05, 3.63) is 24.2 Å². The normalized spacial score (nSPS) is 14.8. The van der Waals surface area contributed by atoms with E-state index in [1.54, 1.807) is 43.1 Å². The van der Waals surface area contributed by atoms with Gasteiger partial charge >= 0.3 is 0 Å². The number of hydrogen-bond donors (Lipinski definition) is 1. The van der Waals surface area contributed by atoms with E-state index in [2.05, 4.69) is 15.2 Å². The van der Waals surface area contributed by atoms with Gasteiger partial charge in [0.1, 0.15) is 0 Å². The number of nitrogens with zero attached hydrogens (tertiary/aromatic N) is 4. The number of rotatable bonds is 4. The van der Waals surface area contributed by atoms with Crippen LogP contribution in [0.3, 0.4) is 0 Å². The van der Waals surface area contributed by atoms with E-state index in [0.717, 1.165) is 5.96 Å². The lowest BCUT2D eigenvalue weighted by atomic mass is 10.3. The molecule has 0 spiro atoms. The summed E-state index contributed by atoms with van der Waals surface area (Å²) < 4.78 is 5.16. The fourth-order valence-electron chi connectivity index (χ4n) is 2.51. The van der Waals surface area contributed by atoms with E-state index in [0.29, 0.717) is 44.9 Å². The molecule has 1 fully saturated rings. The van der Waals surface area contributed by atoms with Crippen molar-refractivity contribution >= 4 is 41.8 Å². The molecule has 1 N–H and O–H groups in total. The molecule has 2 heterocycles. The smallest absolute Gasteiger partial charge is 0.289 e. The number of hydrogen-bond acceptors (Lipinski definition) is 4. The Morgan fingerprint density at radius 3 is 2.40 bits per heavy atom. The van der Waals surface area contributed by atoms with Crippen LogP contribution >= 0.6 is 24.0 Å². The van der Waals surface area contributed by atoms with Crippen LogP contribution in [0.4, 0.5) is 0 Å². The summed E-state index contributed by atoms with van der Waals surface area (Å²) in [5.74, 6) is 1.12. The van der Waals surface area contributed by atoms with E-state index in [1.165, 1.54) is 6.26 Å². The van der Waals surface area contributed by atoms with Crippen LogP contribution < -0.4 is 5.32 Å². The summed E-state index contributed by atoms with van der Waals surface area (Å²) in [4.78, 5) is 33.5. The van der Waals surface area contributed by atoms with Gasteiger partial charge in [-0.1, -0.05) is 0 Å². The maximum atomic E-state index is 12.2. The van der Waals surface area contributed by atoms with Gasteiger partial charge in [0, 0.05) is 60.3 Å². The van der Waals surface area contributed by atoms with Crippen LogP contribution in [-0.2, 0) is 4.79 Å². The van der Waals surface area contributed by atoms with Gasteiger partial charge in [-0.15, -0.1) is 24.0 Å². The van der Waals surface area contributed by atoms with Gasteiger partial charge in [-0.05, 0) is 12.1 Å². The van der Waals surface area contributed by atoms with Crippen LogP contribution in [0.15, 0.2) is 27.8 Å². The summed E-state index contributed by atoms with van der Waals surface area (Å²) >= 11 is 0. The van der Waals surface area contributed by atoms with Crippen LogP contribution in [0, 0.1) is 0 Å². The van der Waals surface area contributed by atoms with Gasteiger partial charge in [-0.2, -0.15) is 0 Å². The maximum Gasteiger partial charge on any atom is 0.289 e. The molecule has 9 heteroatoms. The molecular formula is C16H26IN5O3. The third kappa shape index (κ3) is 5.91. The first-order valence-electron chi connectivity index (χ1n) is 8.01. The Labute approximate surface area is 165 Å². The molecule has 8 nitrogen and oxygen atoms in total. The van der Waals surface area contributed by atoms with Gasteiger partial charge in [-0.3, -0.25) is 14.6 Å². The molecular weight excluding hydrogens is 437 g/mol. The molecule has 140 valence electrons. The van der Waals surface area contributed by atoms with Gasteiger partial charge < -0.3 is 24.4 Å². The van der Waals surface area contributed by atoms with Crippen molar-refractivity contribution in [2.24, 2.45) is 4.99 Å². The number of piperazine rings is 1. The highest BCUT2D eigenvalue weighted by atomic mass is 127. The Hall–Kier alpha value is -1.78. The fourth-order valence-corrected chi connectivity index (χ4v) is 2.51. The van der Waals surface area contributed by atoms with Crippen molar-refractivity contribution in [2.45, 2.75) is 6.42 Å². The Morgan fingerprint density at radius 2 is 1.88 bits per heavy atom. The van der Waals surface area contributed by atoms with Crippen molar-refractivity contribution in [3.63, 3.8) is 0 Å². The first kappa shape index (κ1) is 21.3. The highest BCUT2D eigenvalue weighted by Crippen LogP contribution is 2.09. The molecule has 0 atom stereocenters. The van der Waals surface area contributed by atoms with Gasteiger partial charge in [-0.25, -0.2) is 0 Å². The second-order valence-electron chi connectivity index (χ2n) is 5.77. The Kier molecular flexibility index (Phi) is 8.73. The zero-order valence-corrected chi connectivity index (χ0v) is 17.2. The van der Waals surface area contributed by atoms with Crippen molar-refractivity contribution in [2.75, 3.05) is 53.9 Å². The molecule has 0 aliphatic carbocycles. The van der Waals surface area contributed by atoms with Crippen molar-refractivity contribution in [1.82, 2.24) is 20.0 Å². The Morgan fingerprint density at radius 1 is 1.24 bits per heavy atom. The standard InChI is InChI=1S/C16H25N5O3.HI/c1-17-16(18-7-6-14(22)19(2)3)21-10-8-20(9-11-21)15(23)13-5-4-12-24-13;/h4-5,12H,6-11H2,1-3H3,(H,17,18);1H. The highest BCUT2D eigenvalue weighted by Gasteiger charge is 2.25. The molecule has 0 aromatic carbocycles. The quantitative estimate of drug-likeness (QED) is 0.404. The van der Waals surface area contributed by atoms with Crippen molar-refractivity contribution in [1.29, 1.82) is 0 Å². The van der Waals surface area contributed by atoms with E-state index in [-0.39, 0.29) is 35.8 Å². The van der Waals surface area contributed by atoms with Crippen LogP contribution in [0.5, 0.6) is 0 Å². The summed E-state index contributed by atoms with van der Waals surface area (Å²) in [5, 5.41) is 3.20. The average molecular weight is 463 g/mol. The predicted molar refractivity (Wildman–Crippen MR) is 106 cm³/mol. The van der Waals surface area contributed by atoms with E-state index < -0.39 is 0 Å². The number of guanidine groups is 1. The molecule has 1 aliphatic heterocycles. The number of halogens is 1. The molecule has 25 heavy (non-hydrogen) atoms. The largest absolute Gasteiger partial charge is 0.459 e. The van der Waals surface area contributed by atoms with Crippen LogP contribution in [0.1, 0.15) is 17.0 Å². The third-order valence-electron chi connectivity index (χ3n) is 3.93. The molecule has 0 unspecified atom stereocenters. The van der Waals surface area contributed by atoms with Gasteiger partial charge in [0.25, 0.3) is 5.91 Å². The molecule has 1 saturated heterocycles. The Bertz CT molecular complexity index is 581. The first-order valence-corrected chi connectivity index (χ1v) is 8.01. The third-order valence-corrected chi connectivity index (χ3v) is 3.93. The molecule has 1 aromatic rings. The van der Waals surface area contributed by atoms with Gasteiger partial charge in [0.05, 0.1) is 6.26 Å². The minimum absolute atomic E-state index is 0. The van der Waals surface area contributed by atoms with Crippen LogP contribution in [-0.4, -0.2) is 86.3 Å². The molecule has 2 rings (SSSR count). The van der Waals surface area contributed by atoms with Crippen molar-refractivity contribution < 1.29 is 14.0 Å². The lowest BCUT2D eigenvalue weighted by Gasteiger charge is -2.36. The fraction of sp³-hybridized carbons (Fsp3) is 0.562. The Balaban J connectivity index is 0.00000312. The average Bonchev–Trinajstić information content (AvgIpc) is 3.12.